The van der Waals surface area contributed by atoms with E-state index in [9.17, 15) is 4.79 Å². The van der Waals surface area contributed by atoms with Gasteiger partial charge in [-0.15, -0.1) is 23.1 Å². The van der Waals surface area contributed by atoms with Crippen LogP contribution in [0.15, 0.2) is 34.5 Å². The minimum absolute atomic E-state index is 0.157. The van der Waals surface area contributed by atoms with E-state index in [1.165, 1.54) is 11.3 Å². The Kier molecular flexibility index (Phi) is 4.36. The van der Waals surface area contributed by atoms with Crippen LogP contribution in [-0.2, 0) is 0 Å². The molecule has 0 saturated carbocycles. The Labute approximate surface area is 131 Å². The average molecular weight is 321 g/mol. The Balaban J connectivity index is 1.82. The number of anilines is 1. The van der Waals surface area contributed by atoms with Crippen LogP contribution in [0.1, 0.15) is 16.6 Å². The number of hydrogen-bond donors (Lipinski definition) is 1. The number of benzene rings is 1. The molecule has 2 heterocycles. The summed E-state index contributed by atoms with van der Waals surface area (Å²) in [6, 6.07) is 7.80. The second-order valence-electron chi connectivity index (χ2n) is 4.34. The zero-order valence-corrected chi connectivity index (χ0v) is 13.2. The Morgan fingerprint density at radius 3 is 3.00 bits per heavy atom. The van der Waals surface area contributed by atoms with Crippen LogP contribution in [0.5, 0.6) is 11.5 Å². The Hall–Kier alpha value is -1.66. The molecule has 0 bridgehead atoms. The van der Waals surface area contributed by atoms with Gasteiger partial charge in [-0.25, -0.2) is 0 Å². The van der Waals surface area contributed by atoms with Crippen LogP contribution >= 0.6 is 23.1 Å². The van der Waals surface area contributed by atoms with Crippen molar-refractivity contribution >= 4 is 34.7 Å². The van der Waals surface area contributed by atoms with Gasteiger partial charge in [-0.1, -0.05) is 19.1 Å². The fourth-order valence-corrected chi connectivity index (χ4v) is 3.63. The number of amides is 1. The third-order valence-electron chi connectivity index (χ3n) is 2.94. The fourth-order valence-electron chi connectivity index (χ4n) is 2.05. The minimum Gasteiger partial charge on any atom is -0.485 e. The predicted octanol–water partition coefficient (Wildman–Crippen LogP) is 3.88. The van der Waals surface area contributed by atoms with Gasteiger partial charge in [0.1, 0.15) is 18.1 Å². The summed E-state index contributed by atoms with van der Waals surface area (Å²) in [4.78, 5) is 14.1. The van der Waals surface area contributed by atoms with Crippen LogP contribution < -0.4 is 14.8 Å². The maximum atomic E-state index is 12.5. The normalized spacial score (nSPS) is 13.0. The van der Waals surface area contributed by atoms with E-state index >= 15 is 0 Å². The van der Waals surface area contributed by atoms with E-state index in [-0.39, 0.29) is 5.91 Å². The van der Waals surface area contributed by atoms with Gasteiger partial charge in [-0.3, -0.25) is 4.79 Å². The fraction of sp³-hybridized carbons (Fsp3) is 0.267. The number of carbonyl (C=O) groups excluding carboxylic acids is 1. The van der Waals surface area contributed by atoms with Gasteiger partial charge in [-0.2, -0.15) is 0 Å². The van der Waals surface area contributed by atoms with Gasteiger partial charge in [0.25, 0.3) is 5.91 Å². The molecule has 3 rings (SSSR count). The second kappa shape index (κ2) is 6.41. The third-order valence-corrected chi connectivity index (χ3v) is 4.84. The molecule has 110 valence electrons. The molecule has 0 spiro atoms. The monoisotopic (exact) mass is 321 g/mol. The topological polar surface area (TPSA) is 47.6 Å². The smallest absolute Gasteiger partial charge is 0.269 e. The van der Waals surface area contributed by atoms with Gasteiger partial charge >= 0.3 is 0 Å². The molecule has 6 heteroatoms. The van der Waals surface area contributed by atoms with Crippen LogP contribution in [0.25, 0.3) is 0 Å². The lowest BCUT2D eigenvalue weighted by molar-refractivity contribution is 0.102. The molecule has 0 aliphatic carbocycles. The molecular formula is C15H15NO3S2. The number of para-hydroxylation sites is 1. The van der Waals surface area contributed by atoms with Gasteiger partial charge in [0.05, 0.1) is 5.69 Å². The molecule has 2 aromatic rings. The van der Waals surface area contributed by atoms with E-state index in [1.54, 1.807) is 11.8 Å². The first-order valence-electron chi connectivity index (χ1n) is 6.70. The van der Waals surface area contributed by atoms with Gasteiger partial charge in [0.2, 0.25) is 0 Å². The third kappa shape index (κ3) is 3.01. The summed E-state index contributed by atoms with van der Waals surface area (Å²) in [5.74, 6) is 2.02. The van der Waals surface area contributed by atoms with Gasteiger partial charge in [0, 0.05) is 10.3 Å². The van der Waals surface area contributed by atoms with Crippen LogP contribution in [-0.4, -0.2) is 24.9 Å². The molecule has 1 aromatic heterocycles. The first-order chi connectivity index (χ1) is 10.3. The number of rotatable bonds is 4. The number of ether oxygens (including phenoxy) is 2. The second-order valence-corrected chi connectivity index (χ2v) is 6.52. The summed E-state index contributed by atoms with van der Waals surface area (Å²) < 4.78 is 11.0. The lowest BCUT2D eigenvalue weighted by Gasteiger charge is -2.16. The molecular weight excluding hydrogens is 306 g/mol. The summed E-state index contributed by atoms with van der Waals surface area (Å²) in [5.41, 5.74) is 0.827. The largest absolute Gasteiger partial charge is 0.485 e. The van der Waals surface area contributed by atoms with Gasteiger partial charge in [-0.05, 0) is 17.9 Å². The number of thiophene rings is 1. The van der Waals surface area contributed by atoms with Crippen molar-refractivity contribution in [3.8, 4) is 11.5 Å². The van der Waals surface area contributed by atoms with Crippen molar-refractivity contribution in [3.05, 3.63) is 34.5 Å². The SMILES string of the molecule is CCSc1ccccc1NC(=O)c1scc2c1OCCO2. The van der Waals surface area contributed by atoms with Crippen molar-refractivity contribution < 1.29 is 14.3 Å². The Morgan fingerprint density at radius 2 is 2.14 bits per heavy atom. The average Bonchev–Trinajstić information content (AvgIpc) is 2.93. The summed E-state index contributed by atoms with van der Waals surface area (Å²) >= 11 is 3.05. The van der Waals surface area contributed by atoms with E-state index in [4.69, 9.17) is 9.47 Å². The van der Waals surface area contributed by atoms with E-state index in [1.807, 2.05) is 29.6 Å². The zero-order valence-electron chi connectivity index (χ0n) is 11.5. The first-order valence-corrected chi connectivity index (χ1v) is 8.56. The van der Waals surface area contributed by atoms with Crippen LogP contribution in [0.3, 0.4) is 0 Å². The van der Waals surface area contributed by atoms with Crippen molar-refractivity contribution in [3.63, 3.8) is 0 Å². The van der Waals surface area contributed by atoms with Crippen molar-refractivity contribution in [1.82, 2.24) is 0 Å². The maximum absolute atomic E-state index is 12.5. The number of fused-ring (bicyclic) bond motifs is 1. The molecule has 1 amide bonds. The highest BCUT2D eigenvalue weighted by Crippen LogP contribution is 2.40. The molecule has 0 saturated heterocycles. The molecule has 0 fully saturated rings. The van der Waals surface area contributed by atoms with Gasteiger partial charge < -0.3 is 14.8 Å². The molecule has 1 aromatic carbocycles. The number of carbonyl (C=O) groups is 1. The summed E-state index contributed by atoms with van der Waals surface area (Å²) in [6.45, 7) is 3.09. The number of nitrogens with one attached hydrogen (secondary N) is 1. The molecule has 0 radical (unpaired) electrons. The number of thioether (sulfide) groups is 1. The molecule has 4 nitrogen and oxygen atoms in total. The molecule has 21 heavy (non-hydrogen) atoms. The molecule has 0 atom stereocenters. The van der Waals surface area contributed by atoms with Crippen LogP contribution in [0, 0.1) is 0 Å². The molecule has 1 N–H and O–H groups in total. The van der Waals surface area contributed by atoms with E-state index < -0.39 is 0 Å². The highest BCUT2D eigenvalue weighted by molar-refractivity contribution is 7.99. The van der Waals surface area contributed by atoms with E-state index in [0.29, 0.717) is 29.6 Å². The molecule has 1 aliphatic heterocycles. The van der Waals surface area contributed by atoms with Crippen molar-refractivity contribution in [2.45, 2.75) is 11.8 Å². The molecule has 0 unspecified atom stereocenters. The first kappa shape index (κ1) is 14.3. The van der Waals surface area contributed by atoms with Gasteiger partial charge in [0.15, 0.2) is 11.5 Å². The standard InChI is InChI=1S/C15H15NO3S2/c1-2-20-12-6-4-3-5-10(12)16-15(17)14-13-11(9-21-14)18-7-8-19-13/h3-6,9H,2,7-8H2,1H3,(H,16,17). The summed E-state index contributed by atoms with van der Waals surface area (Å²) in [5, 5.41) is 4.78. The zero-order chi connectivity index (χ0) is 14.7. The van der Waals surface area contributed by atoms with E-state index in [2.05, 4.69) is 12.2 Å². The maximum Gasteiger partial charge on any atom is 0.269 e. The quantitative estimate of drug-likeness (QED) is 0.868. The predicted molar refractivity (Wildman–Crippen MR) is 86.1 cm³/mol. The highest BCUT2D eigenvalue weighted by Gasteiger charge is 2.23. The molecule has 1 aliphatic rings. The Bertz CT molecular complexity index is 654. The van der Waals surface area contributed by atoms with Crippen molar-refractivity contribution in [2.24, 2.45) is 0 Å². The summed E-state index contributed by atoms with van der Waals surface area (Å²) in [6.07, 6.45) is 0. The van der Waals surface area contributed by atoms with Crippen LogP contribution in [0.4, 0.5) is 5.69 Å². The summed E-state index contributed by atoms with van der Waals surface area (Å²) in [7, 11) is 0. The van der Waals surface area contributed by atoms with Crippen LogP contribution in [0.2, 0.25) is 0 Å². The Morgan fingerprint density at radius 1 is 1.33 bits per heavy atom. The number of hydrogen-bond acceptors (Lipinski definition) is 5. The van der Waals surface area contributed by atoms with Crippen molar-refractivity contribution in [2.75, 3.05) is 24.3 Å². The highest BCUT2D eigenvalue weighted by atomic mass is 32.2. The minimum atomic E-state index is -0.157. The lowest BCUT2D eigenvalue weighted by Crippen LogP contribution is -2.17. The van der Waals surface area contributed by atoms with Crippen molar-refractivity contribution in [1.29, 1.82) is 0 Å². The van der Waals surface area contributed by atoms with E-state index in [0.717, 1.165) is 16.3 Å². The lowest BCUT2D eigenvalue weighted by atomic mass is 10.3.